The first-order valence-corrected chi connectivity index (χ1v) is 8.76. The molecule has 3 aromatic rings. The van der Waals surface area contributed by atoms with Gasteiger partial charge in [0.2, 0.25) is 0 Å². The summed E-state index contributed by atoms with van der Waals surface area (Å²) in [6, 6.07) is 3.39. The molecule has 2 heterocycles. The van der Waals surface area contributed by atoms with Gasteiger partial charge in [0.15, 0.2) is 5.03 Å². The van der Waals surface area contributed by atoms with Gasteiger partial charge in [-0.15, -0.1) is 5.10 Å². The monoisotopic (exact) mass is 395 g/mol. The van der Waals surface area contributed by atoms with Gasteiger partial charge in [0.05, 0.1) is 35.0 Å². The summed E-state index contributed by atoms with van der Waals surface area (Å²) in [6.45, 7) is 1.73. The van der Waals surface area contributed by atoms with E-state index in [1.165, 1.54) is 16.9 Å². The Labute approximate surface area is 151 Å². The summed E-state index contributed by atoms with van der Waals surface area (Å²) in [7, 11) is -4.34. The highest BCUT2D eigenvalue weighted by molar-refractivity contribution is 7.92. The van der Waals surface area contributed by atoms with Gasteiger partial charge in [-0.05, 0) is 25.1 Å². The van der Waals surface area contributed by atoms with Crippen molar-refractivity contribution in [3.05, 3.63) is 59.6 Å². The number of pyridine rings is 1. The zero-order chi connectivity index (χ0) is 19.8. The average Bonchev–Trinajstić information content (AvgIpc) is 3.04. The number of rotatable bonds is 5. The number of benzene rings is 1. The molecule has 2 N–H and O–H groups in total. The molecule has 9 nitrogen and oxygen atoms in total. The second kappa shape index (κ2) is 6.72. The van der Waals surface area contributed by atoms with Crippen molar-refractivity contribution in [2.75, 3.05) is 4.72 Å². The lowest BCUT2D eigenvalue weighted by Gasteiger charge is -2.10. The number of aromatic carboxylic acids is 1. The molecule has 140 valence electrons. The van der Waals surface area contributed by atoms with Crippen molar-refractivity contribution >= 4 is 21.7 Å². The van der Waals surface area contributed by atoms with E-state index in [1.54, 1.807) is 13.1 Å². The summed E-state index contributed by atoms with van der Waals surface area (Å²) < 4.78 is 55.5. The molecule has 0 aliphatic rings. The first-order chi connectivity index (χ1) is 12.7. The van der Waals surface area contributed by atoms with Gasteiger partial charge in [-0.3, -0.25) is 4.72 Å². The molecule has 0 bridgehead atoms. The number of aryl methyl sites for hydroxylation is 1. The molecule has 1 aromatic carbocycles. The van der Waals surface area contributed by atoms with Crippen molar-refractivity contribution in [2.45, 2.75) is 11.9 Å². The summed E-state index contributed by atoms with van der Waals surface area (Å²) in [5, 5.41) is 15.9. The van der Waals surface area contributed by atoms with Gasteiger partial charge in [-0.25, -0.2) is 23.2 Å². The average molecular weight is 395 g/mol. The molecule has 0 fully saturated rings. The van der Waals surface area contributed by atoms with E-state index >= 15 is 0 Å². The summed E-state index contributed by atoms with van der Waals surface area (Å²) in [5.74, 6) is -4.21. The number of nitrogens with one attached hydrogen (secondary N) is 1. The lowest BCUT2D eigenvalue weighted by Crippen LogP contribution is -2.16. The van der Waals surface area contributed by atoms with E-state index in [9.17, 15) is 22.0 Å². The third-order valence-corrected chi connectivity index (χ3v) is 4.68. The smallest absolute Gasteiger partial charge is 0.338 e. The molecule has 0 radical (unpaired) electrons. The number of carboxylic acid groups (broad SMARTS) is 1. The highest BCUT2D eigenvalue weighted by atomic mass is 32.2. The quantitative estimate of drug-likeness (QED) is 0.674. The van der Waals surface area contributed by atoms with Crippen molar-refractivity contribution in [3.63, 3.8) is 0 Å². The van der Waals surface area contributed by atoms with Crippen LogP contribution in [0.1, 0.15) is 16.1 Å². The van der Waals surface area contributed by atoms with Crippen LogP contribution in [0.2, 0.25) is 0 Å². The standard InChI is InChI=1S/C15H11F2N5O4S/c1-8-7-22(21-19-8)9-2-3-14(18-6-9)27(25,26)20-13-5-11(16)10(15(23)24)4-12(13)17/h2-7,20H,1H3,(H,23,24). The van der Waals surface area contributed by atoms with Gasteiger partial charge in [0.1, 0.15) is 11.6 Å². The predicted octanol–water partition coefficient (Wildman–Crippen LogP) is 1.75. The number of sulfonamides is 1. The Morgan fingerprint density at radius 3 is 2.52 bits per heavy atom. The second-order valence-electron chi connectivity index (χ2n) is 5.38. The molecular weight excluding hydrogens is 384 g/mol. The SMILES string of the molecule is Cc1cn(-c2ccc(S(=O)(=O)Nc3cc(F)c(C(=O)O)cc3F)nc2)nn1. The number of aromatic nitrogens is 4. The molecule has 0 saturated carbocycles. The third kappa shape index (κ3) is 3.74. The van der Waals surface area contributed by atoms with E-state index in [-0.39, 0.29) is 0 Å². The summed E-state index contributed by atoms with van der Waals surface area (Å²) >= 11 is 0. The Morgan fingerprint density at radius 2 is 1.96 bits per heavy atom. The van der Waals surface area contributed by atoms with Gasteiger partial charge >= 0.3 is 5.97 Å². The van der Waals surface area contributed by atoms with Gasteiger partial charge in [0, 0.05) is 6.07 Å². The van der Waals surface area contributed by atoms with E-state index in [4.69, 9.17) is 5.11 Å². The second-order valence-corrected chi connectivity index (χ2v) is 7.01. The number of nitrogens with zero attached hydrogens (tertiary/aromatic N) is 4. The molecule has 0 atom stereocenters. The predicted molar refractivity (Wildman–Crippen MR) is 88.0 cm³/mol. The number of anilines is 1. The number of hydrogen-bond acceptors (Lipinski definition) is 6. The Hall–Kier alpha value is -3.41. The van der Waals surface area contributed by atoms with Gasteiger partial charge < -0.3 is 5.11 Å². The lowest BCUT2D eigenvalue weighted by atomic mass is 10.2. The Morgan fingerprint density at radius 1 is 1.22 bits per heavy atom. The van der Waals surface area contributed by atoms with E-state index < -0.39 is 43.9 Å². The van der Waals surface area contributed by atoms with Crippen LogP contribution < -0.4 is 4.72 Å². The molecule has 3 rings (SSSR count). The normalized spacial score (nSPS) is 11.4. The molecule has 0 spiro atoms. The van der Waals surface area contributed by atoms with Crippen LogP contribution in [-0.4, -0.2) is 39.5 Å². The maximum Gasteiger partial charge on any atom is 0.338 e. The minimum absolute atomic E-state index is 0.388. The molecular formula is C15H11F2N5O4S. The summed E-state index contributed by atoms with van der Waals surface area (Å²) in [4.78, 5) is 14.6. The molecule has 0 saturated heterocycles. The van der Waals surface area contributed by atoms with Crippen molar-refractivity contribution in [1.29, 1.82) is 0 Å². The topological polar surface area (TPSA) is 127 Å². The van der Waals surface area contributed by atoms with Gasteiger partial charge in [-0.2, -0.15) is 8.42 Å². The molecule has 0 aliphatic heterocycles. The highest BCUT2D eigenvalue weighted by Gasteiger charge is 2.21. The minimum Gasteiger partial charge on any atom is -0.478 e. The lowest BCUT2D eigenvalue weighted by molar-refractivity contribution is 0.0691. The molecule has 2 aromatic heterocycles. The molecule has 12 heteroatoms. The third-order valence-electron chi connectivity index (χ3n) is 3.40. The van der Waals surface area contributed by atoms with Crippen LogP contribution in [0.15, 0.2) is 41.7 Å². The van der Waals surface area contributed by atoms with E-state index in [1.807, 2.05) is 4.72 Å². The first kappa shape index (κ1) is 18.4. The fourth-order valence-corrected chi connectivity index (χ4v) is 3.12. The van der Waals surface area contributed by atoms with Crippen LogP contribution >= 0.6 is 0 Å². The van der Waals surface area contributed by atoms with Crippen LogP contribution in [0.5, 0.6) is 0 Å². The van der Waals surface area contributed by atoms with Gasteiger partial charge in [0.25, 0.3) is 10.0 Å². The van der Waals surface area contributed by atoms with Gasteiger partial charge in [-0.1, -0.05) is 5.21 Å². The van der Waals surface area contributed by atoms with E-state index in [0.717, 1.165) is 6.07 Å². The van der Waals surface area contributed by atoms with Crippen LogP contribution in [0.4, 0.5) is 14.5 Å². The largest absolute Gasteiger partial charge is 0.478 e. The molecule has 0 amide bonds. The summed E-state index contributed by atoms with van der Waals surface area (Å²) in [6.07, 6.45) is 2.82. The number of halogens is 2. The number of hydrogen-bond donors (Lipinski definition) is 2. The Balaban J connectivity index is 1.89. The van der Waals surface area contributed by atoms with E-state index in [0.29, 0.717) is 23.5 Å². The first-order valence-electron chi connectivity index (χ1n) is 7.28. The highest BCUT2D eigenvalue weighted by Crippen LogP contribution is 2.22. The van der Waals surface area contributed by atoms with Crippen molar-refractivity contribution in [1.82, 2.24) is 20.0 Å². The summed E-state index contributed by atoms with van der Waals surface area (Å²) in [5.41, 5.74) is -0.565. The number of carbonyl (C=O) groups is 1. The maximum absolute atomic E-state index is 13.9. The Kier molecular flexibility index (Phi) is 4.57. The van der Waals surface area contributed by atoms with Crippen molar-refractivity contribution in [2.24, 2.45) is 0 Å². The van der Waals surface area contributed by atoms with Crippen LogP contribution in [0.3, 0.4) is 0 Å². The zero-order valence-corrected chi connectivity index (χ0v) is 14.4. The minimum atomic E-state index is -4.34. The van der Waals surface area contributed by atoms with E-state index in [2.05, 4.69) is 15.3 Å². The molecule has 0 unspecified atom stereocenters. The van der Waals surface area contributed by atoms with Crippen molar-refractivity contribution in [3.8, 4) is 5.69 Å². The van der Waals surface area contributed by atoms with Crippen LogP contribution in [-0.2, 0) is 10.0 Å². The molecule has 0 aliphatic carbocycles. The zero-order valence-electron chi connectivity index (χ0n) is 13.6. The number of carboxylic acids is 1. The Bertz CT molecular complexity index is 1130. The fraction of sp³-hybridized carbons (Fsp3) is 0.0667. The van der Waals surface area contributed by atoms with Crippen LogP contribution in [0, 0.1) is 18.6 Å². The molecule has 27 heavy (non-hydrogen) atoms. The maximum atomic E-state index is 13.9. The van der Waals surface area contributed by atoms with Crippen LogP contribution in [0.25, 0.3) is 5.69 Å². The van der Waals surface area contributed by atoms with Crippen molar-refractivity contribution < 1.29 is 27.1 Å². The fourth-order valence-electron chi connectivity index (χ4n) is 2.13.